The summed E-state index contributed by atoms with van der Waals surface area (Å²) in [4.78, 5) is 29.5. The summed E-state index contributed by atoms with van der Waals surface area (Å²) in [5.74, 6) is -0.500. The Bertz CT molecular complexity index is 1030. The summed E-state index contributed by atoms with van der Waals surface area (Å²) in [6, 6.07) is 4.65. The van der Waals surface area contributed by atoms with Gasteiger partial charge in [-0.3, -0.25) is 19.4 Å². The van der Waals surface area contributed by atoms with Crippen LogP contribution in [0.2, 0.25) is 0 Å². The van der Waals surface area contributed by atoms with Crippen molar-refractivity contribution in [2.45, 2.75) is 51.0 Å². The highest BCUT2D eigenvalue weighted by Crippen LogP contribution is 2.40. The van der Waals surface area contributed by atoms with E-state index in [2.05, 4.69) is 10.1 Å². The molecule has 0 bridgehead atoms. The zero-order valence-electron chi connectivity index (χ0n) is 17.6. The van der Waals surface area contributed by atoms with E-state index in [0.29, 0.717) is 17.7 Å². The van der Waals surface area contributed by atoms with Gasteiger partial charge < -0.3 is 4.52 Å². The minimum atomic E-state index is -0.325. The molecule has 2 atom stereocenters. The van der Waals surface area contributed by atoms with Gasteiger partial charge in [-0.15, -0.1) is 12.4 Å². The zero-order valence-corrected chi connectivity index (χ0v) is 18.4. The number of halogens is 2. The van der Waals surface area contributed by atoms with Gasteiger partial charge in [0.15, 0.2) is 5.58 Å². The van der Waals surface area contributed by atoms with E-state index in [4.69, 9.17) is 4.52 Å². The molecule has 1 aromatic carbocycles. The monoisotopic (exact) mass is 447 g/mol. The number of rotatable bonds is 4. The SMILES string of the molecule is CCCN1C(=O)C2=CCCC(N3CCC(c4noc5cc(F)ccc45)CC3)C2C1=O.Cl. The number of hydrogen-bond acceptors (Lipinski definition) is 5. The van der Waals surface area contributed by atoms with E-state index in [1.54, 1.807) is 6.07 Å². The van der Waals surface area contributed by atoms with Gasteiger partial charge in [-0.05, 0) is 57.3 Å². The Morgan fingerprint density at radius 3 is 2.71 bits per heavy atom. The van der Waals surface area contributed by atoms with E-state index in [-0.39, 0.29) is 47.9 Å². The Hall–Kier alpha value is -2.25. The van der Waals surface area contributed by atoms with Gasteiger partial charge in [-0.1, -0.05) is 18.2 Å². The number of piperidine rings is 1. The first kappa shape index (κ1) is 22.0. The van der Waals surface area contributed by atoms with Crippen molar-refractivity contribution in [3.05, 3.63) is 41.4 Å². The number of fused-ring (bicyclic) bond motifs is 2. The second-order valence-electron chi connectivity index (χ2n) is 8.60. The normalized spacial score (nSPS) is 25.0. The molecule has 2 unspecified atom stereocenters. The molecular weight excluding hydrogens is 421 g/mol. The van der Waals surface area contributed by atoms with Crippen molar-refractivity contribution < 1.29 is 18.5 Å². The number of allylic oxidation sites excluding steroid dienone is 1. The summed E-state index contributed by atoms with van der Waals surface area (Å²) in [6.45, 7) is 4.19. The molecule has 8 heteroatoms. The molecule has 3 aliphatic rings. The lowest BCUT2D eigenvalue weighted by Gasteiger charge is -2.40. The van der Waals surface area contributed by atoms with Crippen molar-refractivity contribution in [3.63, 3.8) is 0 Å². The lowest BCUT2D eigenvalue weighted by Crippen LogP contribution is -2.48. The molecule has 1 aliphatic carbocycles. The molecule has 5 rings (SSSR count). The standard InChI is InChI=1S/C23H26FN3O3.ClH/c1-2-10-27-22(28)17-4-3-5-18(20(17)23(27)29)26-11-8-14(9-12-26)21-16-7-6-15(24)13-19(16)30-25-21;/h4,6-7,13-14,18,20H,2-3,5,8-12H2,1H3;1H. The molecule has 2 aromatic rings. The minimum absolute atomic E-state index is 0. The van der Waals surface area contributed by atoms with Gasteiger partial charge in [0.25, 0.3) is 5.91 Å². The molecule has 0 saturated carbocycles. The maximum atomic E-state index is 13.4. The van der Waals surface area contributed by atoms with Crippen molar-refractivity contribution in [3.8, 4) is 0 Å². The molecule has 2 fully saturated rings. The van der Waals surface area contributed by atoms with E-state index in [0.717, 1.165) is 56.3 Å². The third-order valence-electron chi connectivity index (χ3n) is 6.87. The van der Waals surface area contributed by atoms with Crippen molar-refractivity contribution >= 4 is 35.2 Å². The lowest BCUT2D eigenvalue weighted by molar-refractivity contribution is -0.139. The molecule has 6 nitrogen and oxygen atoms in total. The van der Waals surface area contributed by atoms with Crippen molar-refractivity contribution in [2.75, 3.05) is 19.6 Å². The minimum Gasteiger partial charge on any atom is -0.356 e. The fraction of sp³-hybridized carbons (Fsp3) is 0.522. The third-order valence-corrected chi connectivity index (χ3v) is 6.87. The van der Waals surface area contributed by atoms with Gasteiger partial charge >= 0.3 is 0 Å². The molecule has 2 amide bonds. The smallest absolute Gasteiger partial charge is 0.256 e. The van der Waals surface area contributed by atoms with Crippen LogP contribution in [0.5, 0.6) is 0 Å². The van der Waals surface area contributed by atoms with Crippen molar-refractivity contribution in [2.24, 2.45) is 5.92 Å². The molecule has 3 heterocycles. The predicted octanol–water partition coefficient (Wildman–Crippen LogP) is 4.05. The average Bonchev–Trinajstić information content (AvgIpc) is 3.28. The maximum Gasteiger partial charge on any atom is 0.256 e. The highest BCUT2D eigenvalue weighted by Gasteiger charge is 2.49. The van der Waals surface area contributed by atoms with Crippen LogP contribution in [-0.4, -0.2) is 52.4 Å². The number of nitrogens with zero attached hydrogens (tertiary/aromatic N) is 3. The molecule has 0 radical (unpaired) electrons. The summed E-state index contributed by atoms with van der Waals surface area (Å²) in [5.41, 5.74) is 2.09. The summed E-state index contributed by atoms with van der Waals surface area (Å²) in [7, 11) is 0. The van der Waals surface area contributed by atoms with Crippen LogP contribution in [0.15, 0.2) is 34.4 Å². The summed E-state index contributed by atoms with van der Waals surface area (Å²) >= 11 is 0. The number of imide groups is 1. The molecular formula is C23H27ClFN3O3. The number of amides is 2. The van der Waals surface area contributed by atoms with Gasteiger partial charge in [-0.25, -0.2) is 4.39 Å². The Morgan fingerprint density at radius 1 is 1.19 bits per heavy atom. The second kappa shape index (κ2) is 8.71. The summed E-state index contributed by atoms with van der Waals surface area (Å²) < 4.78 is 18.8. The van der Waals surface area contributed by atoms with Gasteiger partial charge in [0.05, 0.1) is 11.6 Å². The number of likely N-dealkylation sites (tertiary alicyclic amines) is 2. The number of hydrogen-bond donors (Lipinski definition) is 0. The van der Waals surface area contributed by atoms with Crippen LogP contribution < -0.4 is 0 Å². The predicted molar refractivity (Wildman–Crippen MR) is 116 cm³/mol. The van der Waals surface area contributed by atoms with Crippen LogP contribution in [0.3, 0.4) is 0 Å². The van der Waals surface area contributed by atoms with Crippen LogP contribution >= 0.6 is 12.4 Å². The molecule has 1 aromatic heterocycles. The highest BCUT2D eigenvalue weighted by molar-refractivity contribution is 6.15. The van der Waals surface area contributed by atoms with E-state index in [9.17, 15) is 14.0 Å². The molecule has 2 saturated heterocycles. The molecule has 0 spiro atoms. The summed E-state index contributed by atoms with van der Waals surface area (Å²) in [6.07, 6.45) is 6.32. The second-order valence-corrected chi connectivity index (χ2v) is 8.60. The quantitative estimate of drug-likeness (QED) is 0.661. The van der Waals surface area contributed by atoms with Gasteiger partial charge in [0.1, 0.15) is 5.82 Å². The fourth-order valence-corrected chi connectivity index (χ4v) is 5.41. The fourth-order valence-electron chi connectivity index (χ4n) is 5.41. The Balaban J connectivity index is 0.00000231. The van der Waals surface area contributed by atoms with Crippen LogP contribution in [-0.2, 0) is 9.59 Å². The Labute approximate surface area is 186 Å². The number of benzene rings is 1. The van der Waals surface area contributed by atoms with E-state index in [1.807, 2.05) is 13.0 Å². The first-order valence-corrected chi connectivity index (χ1v) is 10.9. The van der Waals surface area contributed by atoms with Gasteiger partial charge in [-0.2, -0.15) is 0 Å². The number of aromatic nitrogens is 1. The highest BCUT2D eigenvalue weighted by atomic mass is 35.5. The first-order valence-electron chi connectivity index (χ1n) is 10.9. The van der Waals surface area contributed by atoms with Crippen molar-refractivity contribution in [1.82, 2.24) is 15.0 Å². The lowest BCUT2D eigenvalue weighted by atomic mass is 9.82. The maximum absolute atomic E-state index is 13.4. The van der Waals surface area contributed by atoms with Crippen LogP contribution in [0.25, 0.3) is 11.0 Å². The van der Waals surface area contributed by atoms with E-state index >= 15 is 0 Å². The van der Waals surface area contributed by atoms with Crippen LogP contribution in [0.1, 0.15) is 50.6 Å². The van der Waals surface area contributed by atoms with E-state index in [1.165, 1.54) is 17.0 Å². The van der Waals surface area contributed by atoms with Crippen molar-refractivity contribution in [1.29, 1.82) is 0 Å². The molecule has 0 N–H and O–H groups in total. The zero-order chi connectivity index (χ0) is 20.8. The number of carbonyl (C=O) groups is 2. The largest absolute Gasteiger partial charge is 0.356 e. The molecule has 31 heavy (non-hydrogen) atoms. The average molecular weight is 448 g/mol. The van der Waals surface area contributed by atoms with Gasteiger partial charge in [0, 0.05) is 35.5 Å². The third kappa shape index (κ3) is 3.68. The summed E-state index contributed by atoms with van der Waals surface area (Å²) in [5, 5.41) is 5.11. The Morgan fingerprint density at radius 2 is 1.97 bits per heavy atom. The number of carbonyl (C=O) groups excluding carboxylic acids is 2. The molecule has 2 aliphatic heterocycles. The topological polar surface area (TPSA) is 66.7 Å². The van der Waals surface area contributed by atoms with Gasteiger partial charge in [0.2, 0.25) is 5.91 Å². The Kier molecular flexibility index (Phi) is 6.17. The van der Waals surface area contributed by atoms with Crippen LogP contribution in [0, 0.1) is 11.7 Å². The molecule has 166 valence electrons. The first-order chi connectivity index (χ1) is 14.6. The van der Waals surface area contributed by atoms with E-state index < -0.39 is 0 Å². The van der Waals surface area contributed by atoms with Crippen LogP contribution in [0.4, 0.5) is 4.39 Å².